The average Bonchev–Trinajstić information content (AvgIpc) is 2.82. The maximum Gasteiger partial charge on any atom is 0.223 e. The molecule has 3 heterocycles. The molecular weight excluding hydrogens is 240 g/mol. The first-order valence-corrected chi connectivity index (χ1v) is 7.13. The Balaban J connectivity index is 1.78. The fourth-order valence-corrected chi connectivity index (χ4v) is 3.12. The van der Waals surface area contributed by atoms with Gasteiger partial charge in [-0.05, 0) is 32.2 Å². The molecule has 3 rings (SSSR count). The SMILES string of the molecule is CCNc1cc(N2CC3CCCNC3C2)nc(N)n1. The second-order valence-corrected chi connectivity index (χ2v) is 5.37. The molecule has 2 saturated heterocycles. The van der Waals surface area contributed by atoms with E-state index in [0.717, 1.165) is 43.7 Å². The molecule has 0 saturated carbocycles. The Morgan fingerprint density at radius 3 is 3.16 bits per heavy atom. The molecular formula is C13H22N6. The zero-order valence-corrected chi connectivity index (χ0v) is 11.4. The van der Waals surface area contributed by atoms with Crippen LogP contribution in [0.5, 0.6) is 0 Å². The number of piperidine rings is 1. The van der Waals surface area contributed by atoms with Crippen LogP contribution in [-0.2, 0) is 0 Å². The van der Waals surface area contributed by atoms with Crippen LogP contribution in [0.15, 0.2) is 6.07 Å². The zero-order chi connectivity index (χ0) is 13.2. The molecule has 6 nitrogen and oxygen atoms in total. The highest BCUT2D eigenvalue weighted by atomic mass is 15.3. The molecule has 0 radical (unpaired) electrons. The summed E-state index contributed by atoms with van der Waals surface area (Å²) in [6, 6.07) is 2.60. The first kappa shape index (κ1) is 12.5. The molecule has 104 valence electrons. The lowest BCUT2D eigenvalue weighted by Crippen LogP contribution is -2.40. The third-order valence-corrected chi connectivity index (χ3v) is 4.01. The largest absolute Gasteiger partial charge is 0.370 e. The molecule has 0 amide bonds. The lowest BCUT2D eigenvalue weighted by Gasteiger charge is -2.24. The summed E-state index contributed by atoms with van der Waals surface area (Å²) in [5.74, 6) is 2.84. The molecule has 1 aromatic rings. The van der Waals surface area contributed by atoms with Crippen LogP contribution >= 0.6 is 0 Å². The Morgan fingerprint density at radius 1 is 1.47 bits per heavy atom. The molecule has 2 fully saturated rings. The number of nitrogens with zero attached hydrogens (tertiary/aromatic N) is 3. The van der Waals surface area contributed by atoms with Gasteiger partial charge in [0, 0.05) is 31.7 Å². The van der Waals surface area contributed by atoms with Crippen LogP contribution in [0, 0.1) is 5.92 Å². The molecule has 1 aromatic heterocycles. The van der Waals surface area contributed by atoms with Crippen molar-refractivity contribution < 1.29 is 0 Å². The Kier molecular flexibility index (Phi) is 3.42. The predicted octanol–water partition coefficient (Wildman–Crippen LogP) is 0.679. The number of aromatic nitrogens is 2. The summed E-state index contributed by atoms with van der Waals surface area (Å²) in [5, 5.41) is 6.80. The first-order valence-electron chi connectivity index (χ1n) is 7.13. The third kappa shape index (κ3) is 2.58. The molecule has 2 atom stereocenters. The fourth-order valence-electron chi connectivity index (χ4n) is 3.12. The summed E-state index contributed by atoms with van der Waals surface area (Å²) >= 11 is 0. The number of anilines is 3. The van der Waals surface area contributed by atoms with Crippen molar-refractivity contribution in [1.29, 1.82) is 0 Å². The van der Waals surface area contributed by atoms with Crippen molar-refractivity contribution in [3.63, 3.8) is 0 Å². The smallest absolute Gasteiger partial charge is 0.223 e. The molecule has 19 heavy (non-hydrogen) atoms. The van der Waals surface area contributed by atoms with Crippen molar-refractivity contribution in [2.45, 2.75) is 25.8 Å². The molecule has 2 aliphatic rings. The molecule has 0 spiro atoms. The van der Waals surface area contributed by atoms with Crippen LogP contribution < -0.4 is 21.3 Å². The van der Waals surface area contributed by atoms with Gasteiger partial charge < -0.3 is 21.3 Å². The second kappa shape index (κ2) is 5.21. The van der Waals surface area contributed by atoms with Crippen molar-refractivity contribution in [3.8, 4) is 0 Å². The van der Waals surface area contributed by atoms with Gasteiger partial charge in [-0.2, -0.15) is 9.97 Å². The minimum Gasteiger partial charge on any atom is -0.370 e. The van der Waals surface area contributed by atoms with Gasteiger partial charge >= 0.3 is 0 Å². The second-order valence-electron chi connectivity index (χ2n) is 5.37. The van der Waals surface area contributed by atoms with Crippen molar-refractivity contribution >= 4 is 17.6 Å². The number of rotatable bonds is 3. The van der Waals surface area contributed by atoms with E-state index in [0.29, 0.717) is 12.0 Å². The average molecular weight is 262 g/mol. The van der Waals surface area contributed by atoms with E-state index in [2.05, 4.69) is 25.5 Å². The highest BCUT2D eigenvalue weighted by Crippen LogP contribution is 2.29. The molecule has 6 heteroatoms. The standard InChI is InChI=1S/C13H22N6/c1-2-15-11-6-12(18-13(14)17-11)19-7-9-4-3-5-16-10(9)8-19/h6,9-10,16H,2-5,7-8H2,1H3,(H3,14,15,17,18). The summed E-state index contributed by atoms with van der Waals surface area (Å²) < 4.78 is 0. The van der Waals surface area contributed by atoms with E-state index >= 15 is 0 Å². The van der Waals surface area contributed by atoms with Crippen LogP contribution in [-0.4, -0.2) is 42.2 Å². The van der Waals surface area contributed by atoms with E-state index in [1.165, 1.54) is 12.8 Å². The quantitative estimate of drug-likeness (QED) is 0.743. The van der Waals surface area contributed by atoms with E-state index in [-0.39, 0.29) is 0 Å². The van der Waals surface area contributed by atoms with E-state index in [9.17, 15) is 0 Å². The number of nitrogens with one attached hydrogen (secondary N) is 2. The maximum atomic E-state index is 5.80. The number of fused-ring (bicyclic) bond motifs is 1. The lowest BCUT2D eigenvalue weighted by molar-refractivity contribution is 0.340. The summed E-state index contributed by atoms with van der Waals surface area (Å²) in [6.45, 7) is 6.12. The monoisotopic (exact) mass is 262 g/mol. The maximum absolute atomic E-state index is 5.80. The summed E-state index contributed by atoms with van der Waals surface area (Å²) in [7, 11) is 0. The van der Waals surface area contributed by atoms with Crippen LogP contribution in [0.1, 0.15) is 19.8 Å². The number of nitrogen functional groups attached to an aromatic ring is 1. The van der Waals surface area contributed by atoms with Gasteiger partial charge in [0.15, 0.2) is 0 Å². The minimum atomic E-state index is 0.344. The van der Waals surface area contributed by atoms with E-state index in [4.69, 9.17) is 5.73 Å². The van der Waals surface area contributed by atoms with Gasteiger partial charge in [0.2, 0.25) is 5.95 Å². The van der Waals surface area contributed by atoms with Crippen LogP contribution in [0.4, 0.5) is 17.6 Å². The van der Waals surface area contributed by atoms with Gasteiger partial charge in [0.25, 0.3) is 0 Å². The topological polar surface area (TPSA) is 79.1 Å². The van der Waals surface area contributed by atoms with Crippen molar-refractivity contribution in [2.75, 3.05) is 42.1 Å². The Morgan fingerprint density at radius 2 is 2.37 bits per heavy atom. The minimum absolute atomic E-state index is 0.344. The molecule has 0 aromatic carbocycles. The van der Waals surface area contributed by atoms with Gasteiger partial charge in [-0.3, -0.25) is 0 Å². The number of nitrogens with two attached hydrogens (primary N) is 1. The first-order chi connectivity index (χ1) is 9.26. The lowest BCUT2D eigenvalue weighted by atomic mass is 9.94. The highest BCUT2D eigenvalue weighted by molar-refractivity contribution is 5.53. The summed E-state index contributed by atoms with van der Waals surface area (Å²) in [6.07, 6.45) is 2.60. The van der Waals surface area contributed by atoms with Crippen LogP contribution in [0.2, 0.25) is 0 Å². The normalized spacial score (nSPS) is 26.3. The highest BCUT2D eigenvalue weighted by Gasteiger charge is 2.34. The van der Waals surface area contributed by atoms with Gasteiger partial charge in [0.1, 0.15) is 11.6 Å². The predicted molar refractivity (Wildman–Crippen MR) is 77.3 cm³/mol. The Hall–Kier alpha value is -1.56. The Bertz CT molecular complexity index is 435. The molecule has 0 aliphatic carbocycles. The number of hydrogen-bond acceptors (Lipinski definition) is 6. The van der Waals surface area contributed by atoms with Crippen LogP contribution in [0.3, 0.4) is 0 Å². The molecule has 4 N–H and O–H groups in total. The Labute approximate surface area is 113 Å². The molecule has 0 bridgehead atoms. The van der Waals surface area contributed by atoms with E-state index in [1.54, 1.807) is 0 Å². The van der Waals surface area contributed by atoms with Crippen molar-refractivity contribution in [1.82, 2.24) is 15.3 Å². The van der Waals surface area contributed by atoms with Crippen molar-refractivity contribution in [3.05, 3.63) is 6.07 Å². The summed E-state index contributed by atoms with van der Waals surface area (Å²) in [5.41, 5.74) is 5.80. The molecule has 2 aliphatic heterocycles. The zero-order valence-electron chi connectivity index (χ0n) is 11.4. The van der Waals surface area contributed by atoms with E-state index < -0.39 is 0 Å². The van der Waals surface area contributed by atoms with Gasteiger partial charge in [-0.1, -0.05) is 0 Å². The summed E-state index contributed by atoms with van der Waals surface area (Å²) in [4.78, 5) is 10.9. The fraction of sp³-hybridized carbons (Fsp3) is 0.692. The van der Waals surface area contributed by atoms with Gasteiger partial charge in [-0.15, -0.1) is 0 Å². The van der Waals surface area contributed by atoms with Gasteiger partial charge in [-0.25, -0.2) is 0 Å². The molecule has 2 unspecified atom stereocenters. The number of hydrogen-bond donors (Lipinski definition) is 3. The van der Waals surface area contributed by atoms with Crippen LogP contribution in [0.25, 0.3) is 0 Å². The van der Waals surface area contributed by atoms with Crippen molar-refractivity contribution in [2.24, 2.45) is 5.92 Å². The third-order valence-electron chi connectivity index (χ3n) is 4.01. The van der Waals surface area contributed by atoms with Gasteiger partial charge in [0.05, 0.1) is 0 Å². The van der Waals surface area contributed by atoms with E-state index in [1.807, 2.05) is 13.0 Å².